The molecule has 0 aliphatic heterocycles. The fourth-order valence-electron chi connectivity index (χ4n) is 1.51. The predicted octanol–water partition coefficient (Wildman–Crippen LogP) is 0.716. The Balaban J connectivity index is 2.48. The molecule has 2 unspecified atom stereocenters. The molecule has 0 amide bonds. The van der Waals surface area contributed by atoms with Crippen LogP contribution < -0.4 is 5.32 Å². The molecule has 0 radical (unpaired) electrons. The average Bonchev–Trinajstić information content (AvgIpc) is 2.61. The van der Waals surface area contributed by atoms with E-state index >= 15 is 0 Å². The van der Waals surface area contributed by atoms with E-state index in [-0.39, 0.29) is 6.04 Å². The minimum atomic E-state index is -0.763. The van der Waals surface area contributed by atoms with Crippen molar-refractivity contribution in [2.45, 2.75) is 39.4 Å². The Hall–Kier alpha value is -0.750. The highest BCUT2D eigenvalue weighted by Crippen LogP contribution is 2.04. The summed E-state index contributed by atoms with van der Waals surface area (Å²) < 4.78 is 12.9. The molecule has 5 nitrogen and oxygen atoms in total. The van der Waals surface area contributed by atoms with Crippen LogP contribution in [0.15, 0.2) is 6.33 Å². The van der Waals surface area contributed by atoms with E-state index in [0.717, 1.165) is 5.82 Å². The molecule has 16 heavy (non-hydrogen) atoms. The van der Waals surface area contributed by atoms with Gasteiger partial charge in [-0.25, -0.2) is 9.67 Å². The van der Waals surface area contributed by atoms with Gasteiger partial charge in [0.1, 0.15) is 12.2 Å². The van der Waals surface area contributed by atoms with Crippen molar-refractivity contribution >= 4 is 10.8 Å². The molecule has 0 spiro atoms. The molecule has 1 heterocycles. The van der Waals surface area contributed by atoms with Gasteiger partial charge in [0, 0.05) is 34.9 Å². The molecule has 0 aromatic carbocycles. The minimum Gasteiger partial charge on any atom is -0.306 e. The van der Waals surface area contributed by atoms with Crippen molar-refractivity contribution in [3.05, 3.63) is 12.2 Å². The first-order valence-electron chi connectivity index (χ1n) is 5.42. The minimum absolute atomic E-state index is 0.225. The SMILES string of the molecule is CC(CS(C)=O)NCc1ncnn1C(C)C. The Bertz CT molecular complexity index is 350. The fraction of sp³-hybridized carbons (Fsp3) is 0.800. The number of nitrogens with one attached hydrogen (secondary N) is 1. The Kier molecular flexibility index (Phi) is 5.08. The van der Waals surface area contributed by atoms with Gasteiger partial charge in [0.15, 0.2) is 0 Å². The van der Waals surface area contributed by atoms with Gasteiger partial charge in [0.2, 0.25) is 0 Å². The van der Waals surface area contributed by atoms with Crippen molar-refractivity contribution in [1.82, 2.24) is 20.1 Å². The molecule has 1 rings (SSSR count). The largest absolute Gasteiger partial charge is 0.306 e. The molecule has 6 heteroatoms. The summed E-state index contributed by atoms with van der Waals surface area (Å²) in [5.74, 6) is 1.58. The van der Waals surface area contributed by atoms with Gasteiger partial charge in [-0.3, -0.25) is 4.21 Å². The lowest BCUT2D eigenvalue weighted by molar-refractivity contribution is 0.478. The topological polar surface area (TPSA) is 59.8 Å². The van der Waals surface area contributed by atoms with Crippen LogP contribution in [0.3, 0.4) is 0 Å². The van der Waals surface area contributed by atoms with E-state index in [1.807, 2.05) is 11.6 Å². The van der Waals surface area contributed by atoms with E-state index in [9.17, 15) is 4.21 Å². The second-order valence-corrected chi connectivity index (χ2v) is 5.72. The summed E-state index contributed by atoms with van der Waals surface area (Å²) in [4.78, 5) is 4.20. The summed E-state index contributed by atoms with van der Waals surface area (Å²) >= 11 is 0. The summed E-state index contributed by atoms with van der Waals surface area (Å²) in [7, 11) is -0.763. The number of hydrogen-bond acceptors (Lipinski definition) is 4. The molecule has 92 valence electrons. The van der Waals surface area contributed by atoms with Crippen LogP contribution in [0.5, 0.6) is 0 Å². The molecule has 0 bridgehead atoms. The average molecular weight is 244 g/mol. The van der Waals surface area contributed by atoms with Crippen molar-refractivity contribution in [2.24, 2.45) is 0 Å². The predicted molar refractivity (Wildman–Crippen MR) is 65.6 cm³/mol. The van der Waals surface area contributed by atoms with Gasteiger partial charge >= 0.3 is 0 Å². The lowest BCUT2D eigenvalue weighted by atomic mass is 10.3. The summed E-state index contributed by atoms with van der Waals surface area (Å²) in [6.07, 6.45) is 3.29. The van der Waals surface area contributed by atoms with Gasteiger partial charge in [0.25, 0.3) is 0 Å². The Morgan fingerprint density at radius 1 is 1.50 bits per heavy atom. The third-order valence-corrected chi connectivity index (χ3v) is 3.20. The molecular weight excluding hydrogens is 224 g/mol. The monoisotopic (exact) mass is 244 g/mol. The highest BCUT2D eigenvalue weighted by molar-refractivity contribution is 7.84. The van der Waals surface area contributed by atoms with Crippen LogP contribution in [0.4, 0.5) is 0 Å². The maximum atomic E-state index is 11.0. The van der Waals surface area contributed by atoms with Crippen LogP contribution in [0.2, 0.25) is 0 Å². The molecule has 1 N–H and O–H groups in total. The molecule has 1 aromatic heterocycles. The van der Waals surface area contributed by atoms with Crippen LogP contribution >= 0.6 is 0 Å². The fourth-order valence-corrected chi connectivity index (χ4v) is 2.33. The van der Waals surface area contributed by atoms with Crippen LogP contribution in [0.1, 0.15) is 32.6 Å². The van der Waals surface area contributed by atoms with Gasteiger partial charge in [-0.2, -0.15) is 5.10 Å². The van der Waals surface area contributed by atoms with Crippen LogP contribution in [-0.4, -0.2) is 37.0 Å². The summed E-state index contributed by atoms with van der Waals surface area (Å²) in [6, 6.07) is 0.540. The Morgan fingerprint density at radius 3 is 2.75 bits per heavy atom. The second kappa shape index (κ2) is 6.10. The smallest absolute Gasteiger partial charge is 0.141 e. The molecule has 0 fully saturated rings. The first-order valence-corrected chi connectivity index (χ1v) is 7.15. The number of nitrogens with zero attached hydrogens (tertiary/aromatic N) is 3. The van der Waals surface area contributed by atoms with Crippen molar-refractivity contribution in [2.75, 3.05) is 12.0 Å². The van der Waals surface area contributed by atoms with E-state index in [0.29, 0.717) is 18.3 Å². The first kappa shape index (κ1) is 13.3. The zero-order valence-electron chi connectivity index (χ0n) is 10.3. The molecule has 0 aliphatic rings. The number of aromatic nitrogens is 3. The molecule has 1 aromatic rings. The van der Waals surface area contributed by atoms with E-state index in [4.69, 9.17) is 0 Å². The number of hydrogen-bond donors (Lipinski definition) is 1. The van der Waals surface area contributed by atoms with Gasteiger partial charge in [-0.05, 0) is 20.8 Å². The first-order chi connectivity index (χ1) is 7.50. The van der Waals surface area contributed by atoms with Gasteiger partial charge in [0.05, 0.1) is 6.54 Å². The number of rotatable bonds is 6. The van der Waals surface area contributed by atoms with Gasteiger partial charge < -0.3 is 5.32 Å². The van der Waals surface area contributed by atoms with Crippen molar-refractivity contribution in [1.29, 1.82) is 0 Å². The molecular formula is C10H20N4OS. The summed E-state index contributed by atoms with van der Waals surface area (Å²) in [5.41, 5.74) is 0. The zero-order valence-corrected chi connectivity index (χ0v) is 11.1. The molecule has 0 aliphatic carbocycles. The standard InChI is InChI=1S/C10H20N4OS/c1-8(2)14-10(12-7-13-14)5-11-9(3)6-16(4)15/h7-9,11H,5-6H2,1-4H3. The van der Waals surface area contributed by atoms with Crippen LogP contribution in [-0.2, 0) is 17.3 Å². The van der Waals surface area contributed by atoms with Gasteiger partial charge in [-0.15, -0.1) is 0 Å². The van der Waals surface area contributed by atoms with E-state index in [1.54, 1.807) is 12.6 Å². The van der Waals surface area contributed by atoms with Crippen LogP contribution in [0.25, 0.3) is 0 Å². The third-order valence-electron chi connectivity index (χ3n) is 2.23. The van der Waals surface area contributed by atoms with Crippen molar-refractivity contribution in [3.8, 4) is 0 Å². The van der Waals surface area contributed by atoms with Gasteiger partial charge in [-0.1, -0.05) is 0 Å². The molecule has 0 saturated heterocycles. The lowest BCUT2D eigenvalue weighted by Crippen LogP contribution is -2.31. The normalized spacial score (nSPS) is 15.3. The van der Waals surface area contributed by atoms with Crippen molar-refractivity contribution < 1.29 is 4.21 Å². The lowest BCUT2D eigenvalue weighted by Gasteiger charge is -2.13. The maximum Gasteiger partial charge on any atom is 0.141 e. The Morgan fingerprint density at radius 2 is 2.19 bits per heavy atom. The summed E-state index contributed by atoms with van der Waals surface area (Å²) in [5, 5.41) is 7.46. The maximum absolute atomic E-state index is 11.0. The molecule has 0 saturated carbocycles. The molecule has 2 atom stereocenters. The third kappa shape index (κ3) is 4.02. The zero-order chi connectivity index (χ0) is 12.1. The van der Waals surface area contributed by atoms with E-state index < -0.39 is 10.8 Å². The highest BCUT2D eigenvalue weighted by Gasteiger charge is 2.09. The van der Waals surface area contributed by atoms with Crippen LogP contribution in [0, 0.1) is 0 Å². The van der Waals surface area contributed by atoms with E-state index in [2.05, 4.69) is 29.2 Å². The highest BCUT2D eigenvalue weighted by atomic mass is 32.2. The second-order valence-electron chi connectivity index (χ2n) is 4.24. The summed E-state index contributed by atoms with van der Waals surface area (Å²) in [6.45, 7) is 6.83. The quantitative estimate of drug-likeness (QED) is 0.801. The Labute approximate surface area is 99.1 Å². The van der Waals surface area contributed by atoms with Crippen molar-refractivity contribution in [3.63, 3.8) is 0 Å². The van der Waals surface area contributed by atoms with E-state index in [1.165, 1.54) is 0 Å².